The highest BCUT2D eigenvalue weighted by Crippen LogP contribution is 2.19. The van der Waals surface area contributed by atoms with Crippen molar-refractivity contribution in [2.45, 2.75) is 26.8 Å². The number of amides is 1. The second-order valence-electron chi connectivity index (χ2n) is 3.81. The Morgan fingerprint density at radius 1 is 1.47 bits per heavy atom. The van der Waals surface area contributed by atoms with E-state index in [1.165, 1.54) is 0 Å². The molecular formula is C12H19BrN2O2. The molecule has 17 heavy (non-hydrogen) atoms. The van der Waals surface area contributed by atoms with E-state index in [4.69, 9.17) is 4.42 Å². The van der Waals surface area contributed by atoms with Gasteiger partial charge in [0, 0.05) is 13.1 Å². The molecule has 0 aliphatic carbocycles. The first-order chi connectivity index (χ1) is 8.08. The second kappa shape index (κ2) is 6.81. The van der Waals surface area contributed by atoms with Gasteiger partial charge in [-0.25, -0.2) is 0 Å². The van der Waals surface area contributed by atoms with Crippen LogP contribution >= 0.6 is 15.9 Å². The quantitative estimate of drug-likeness (QED) is 0.878. The lowest BCUT2D eigenvalue weighted by molar-refractivity contribution is -0.130. The molecule has 1 atom stereocenters. The van der Waals surface area contributed by atoms with Crippen molar-refractivity contribution < 1.29 is 9.21 Å². The van der Waals surface area contributed by atoms with Crippen LogP contribution in [0.1, 0.15) is 32.6 Å². The van der Waals surface area contributed by atoms with Gasteiger partial charge in [0.15, 0.2) is 4.67 Å². The van der Waals surface area contributed by atoms with Crippen molar-refractivity contribution in [1.29, 1.82) is 0 Å². The van der Waals surface area contributed by atoms with Gasteiger partial charge in [0.2, 0.25) is 5.91 Å². The first-order valence-corrected chi connectivity index (χ1v) is 6.64. The van der Waals surface area contributed by atoms with Crippen molar-refractivity contribution in [1.82, 2.24) is 10.2 Å². The van der Waals surface area contributed by atoms with Crippen LogP contribution in [0.5, 0.6) is 0 Å². The number of carbonyl (C=O) groups is 1. The first kappa shape index (κ1) is 14.3. The minimum absolute atomic E-state index is 0.0285. The van der Waals surface area contributed by atoms with Gasteiger partial charge in [-0.05, 0) is 48.8 Å². The van der Waals surface area contributed by atoms with E-state index in [2.05, 4.69) is 21.2 Å². The van der Waals surface area contributed by atoms with Crippen molar-refractivity contribution in [2.75, 3.05) is 19.6 Å². The molecule has 0 bridgehead atoms. The fourth-order valence-electron chi connectivity index (χ4n) is 1.59. The Morgan fingerprint density at radius 3 is 2.59 bits per heavy atom. The maximum absolute atomic E-state index is 11.8. The zero-order valence-corrected chi connectivity index (χ0v) is 12.1. The summed E-state index contributed by atoms with van der Waals surface area (Å²) in [7, 11) is 0. The summed E-state index contributed by atoms with van der Waals surface area (Å²) in [6, 6.07) is 3.77. The molecule has 1 N–H and O–H groups in total. The maximum Gasteiger partial charge on any atom is 0.236 e. The molecule has 0 fully saturated rings. The highest BCUT2D eigenvalue weighted by molar-refractivity contribution is 9.10. The van der Waals surface area contributed by atoms with Crippen LogP contribution in [0.15, 0.2) is 21.2 Å². The van der Waals surface area contributed by atoms with Gasteiger partial charge in [-0.2, -0.15) is 0 Å². The topological polar surface area (TPSA) is 45.5 Å². The number of likely N-dealkylation sites (N-methyl/N-ethyl adjacent to an activating group) is 1. The van der Waals surface area contributed by atoms with Crippen molar-refractivity contribution in [3.63, 3.8) is 0 Å². The highest BCUT2D eigenvalue weighted by Gasteiger charge is 2.13. The lowest BCUT2D eigenvalue weighted by Crippen LogP contribution is -2.38. The number of carbonyl (C=O) groups excluding carboxylic acids is 1. The number of halogens is 1. The number of hydrogen-bond acceptors (Lipinski definition) is 3. The summed E-state index contributed by atoms with van der Waals surface area (Å²) in [5.74, 6) is 0.941. The van der Waals surface area contributed by atoms with E-state index in [0.29, 0.717) is 11.2 Å². The van der Waals surface area contributed by atoms with Gasteiger partial charge in [-0.3, -0.25) is 10.1 Å². The standard InChI is InChI=1S/C12H19BrN2O2/c1-4-15(5-2)12(16)8-14-9(3)10-6-7-11(13)17-10/h6-7,9,14H,4-5,8H2,1-3H3. The third kappa shape index (κ3) is 4.16. The predicted octanol–water partition coefficient (Wildman–Crippen LogP) is 2.56. The molecular weight excluding hydrogens is 284 g/mol. The van der Waals surface area contributed by atoms with Crippen LogP contribution in [0.4, 0.5) is 0 Å². The van der Waals surface area contributed by atoms with Gasteiger partial charge in [-0.15, -0.1) is 0 Å². The number of nitrogens with zero attached hydrogens (tertiary/aromatic N) is 1. The third-order valence-corrected chi connectivity index (χ3v) is 3.12. The largest absolute Gasteiger partial charge is 0.453 e. The predicted molar refractivity (Wildman–Crippen MR) is 70.8 cm³/mol. The van der Waals surface area contributed by atoms with Gasteiger partial charge in [0.05, 0.1) is 12.6 Å². The summed E-state index contributed by atoms with van der Waals surface area (Å²) in [5, 5.41) is 3.16. The summed E-state index contributed by atoms with van der Waals surface area (Å²) in [6.45, 7) is 7.76. The lowest BCUT2D eigenvalue weighted by atomic mass is 10.2. The third-order valence-electron chi connectivity index (χ3n) is 2.70. The SMILES string of the molecule is CCN(CC)C(=O)CNC(C)c1ccc(Br)o1. The molecule has 1 rings (SSSR count). The van der Waals surface area contributed by atoms with E-state index in [1.54, 1.807) is 4.90 Å². The molecule has 0 aromatic carbocycles. The van der Waals surface area contributed by atoms with Gasteiger partial charge < -0.3 is 9.32 Å². The van der Waals surface area contributed by atoms with Crippen molar-refractivity contribution in [3.05, 3.63) is 22.6 Å². The van der Waals surface area contributed by atoms with Crippen LogP contribution < -0.4 is 5.32 Å². The highest BCUT2D eigenvalue weighted by atomic mass is 79.9. The van der Waals surface area contributed by atoms with Crippen molar-refractivity contribution >= 4 is 21.8 Å². The Morgan fingerprint density at radius 2 is 2.12 bits per heavy atom. The molecule has 1 aromatic rings. The number of furan rings is 1. The van der Waals surface area contributed by atoms with Gasteiger partial charge in [-0.1, -0.05) is 0 Å². The Balaban J connectivity index is 2.43. The van der Waals surface area contributed by atoms with Crippen LogP contribution in [0.2, 0.25) is 0 Å². The molecule has 96 valence electrons. The van der Waals surface area contributed by atoms with Crippen LogP contribution in [0, 0.1) is 0 Å². The van der Waals surface area contributed by atoms with E-state index in [0.717, 1.165) is 18.8 Å². The van der Waals surface area contributed by atoms with Gasteiger partial charge in [0.25, 0.3) is 0 Å². The second-order valence-corrected chi connectivity index (χ2v) is 4.59. The summed E-state index contributed by atoms with van der Waals surface area (Å²) in [4.78, 5) is 13.6. The fourth-order valence-corrected chi connectivity index (χ4v) is 1.91. The minimum atomic E-state index is 0.0285. The minimum Gasteiger partial charge on any atom is -0.453 e. The Bertz CT molecular complexity index is 361. The zero-order valence-electron chi connectivity index (χ0n) is 10.5. The van der Waals surface area contributed by atoms with Gasteiger partial charge >= 0.3 is 0 Å². The summed E-state index contributed by atoms with van der Waals surface area (Å²) in [6.07, 6.45) is 0. The number of rotatable bonds is 6. The molecule has 0 saturated carbocycles. The molecule has 0 radical (unpaired) electrons. The van der Waals surface area contributed by atoms with E-state index < -0.39 is 0 Å². The van der Waals surface area contributed by atoms with E-state index in [-0.39, 0.29) is 11.9 Å². The van der Waals surface area contributed by atoms with Crippen LogP contribution in [0.3, 0.4) is 0 Å². The Labute approximate surface area is 110 Å². The normalized spacial score (nSPS) is 12.5. The molecule has 0 aliphatic rings. The molecule has 1 aromatic heterocycles. The average Bonchev–Trinajstić information content (AvgIpc) is 2.74. The Hall–Kier alpha value is -0.810. The van der Waals surface area contributed by atoms with Crippen LogP contribution in [0.25, 0.3) is 0 Å². The maximum atomic E-state index is 11.8. The first-order valence-electron chi connectivity index (χ1n) is 5.84. The lowest BCUT2D eigenvalue weighted by Gasteiger charge is -2.20. The molecule has 0 aliphatic heterocycles. The molecule has 1 unspecified atom stereocenters. The smallest absolute Gasteiger partial charge is 0.236 e. The Kier molecular flexibility index (Phi) is 5.71. The van der Waals surface area contributed by atoms with Crippen LogP contribution in [-0.4, -0.2) is 30.4 Å². The molecule has 1 heterocycles. The van der Waals surface area contributed by atoms with Crippen molar-refractivity contribution in [2.24, 2.45) is 0 Å². The molecule has 1 amide bonds. The molecule has 4 nitrogen and oxygen atoms in total. The van der Waals surface area contributed by atoms with Gasteiger partial charge in [0.1, 0.15) is 5.76 Å². The van der Waals surface area contributed by atoms with Crippen LogP contribution in [-0.2, 0) is 4.79 Å². The summed E-state index contributed by atoms with van der Waals surface area (Å²) < 4.78 is 6.12. The number of hydrogen-bond donors (Lipinski definition) is 1. The monoisotopic (exact) mass is 302 g/mol. The van der Waals surface area contributed by atoms with Crippen molar-refractivity contribution in [3.8, 4) is 0 Å². The zero-order chi connectivity index (χ0) is 12.8. The number of nitrogens with one attached hydrogen (secondary N) is 1. The van der Waals surface area contributed by atoms with E-state index in [1.807, 2.05) is 32.9 Å². The molecule has 0 saturated heterocycles. The molecule has 0 spiro atoms. The average molecular weight is 303 g/mol. The molecule has 5 heteroatoms. The van der Waals surface area contributed by atoms with E-state index in [9.17, 15) is 4.79 Å². The van der Waals surface area contributed by atoms with E-state index >= 15 is 0 Å². The summed E-state index contributed by atoms with van der Waals surface area (Å²) in [5.41, 5.74) is 0. The fraction of sp³-hybridized carbons (Fsp3) is 0.583. The summed E-state index contributed by atoms with van der Waals surface area (Å²) >= 11 is 3.26.